The minimum absolute atomic E-state index is 0.00422. The van der Waals surface area contributed by atoms with Crippen molar-refractivity contribution in [1.82, 2.24) is 4.98 Å². The Morgan fingerprint density at radius 3 is 2.75 bits per heavy atom. The molecule has 0 bridgehead atoms. The SMILES string of the molecule is O=C(O)c1ncsc1NS(=O)(=O)Cc1ccccc1Br. The van der Waals surface area contributed by atoms with Gasteiger partial charge in [0.2, 0.25) is 10.0 Å². The molecule has 2 rings (SSSR count). The molecule has 1 heterocycles. The van der Waals surface area contributed by atoms with Crippen LogP contribution in [0.3, 0.4) is 0 Å². The molecule has 0 aliphatic rings. The summed E-state index contributed by atoms with van der Waals surface area (Å²) in [6.07, 6.45) is 0. The van der Waals surface area contributed by atoms with Gasteiger partial charge < -0.3 is 5.11 Å². The van der Waals surface area contributed by atoms with E-state index in [0.29, 0.717) is 10.0 Å². The molecule has 0 saturated heterocycles. The number of aromatic carboxylic acids is 1. The van der Waals surface area contributed by atoms with E-state index >= 15 is 0 Å². The molecule has 9 heteroatoms. The lowest BCUT2D eigenvalue weighted by Gasteiger charge is -2.08. The van der Waals surface area contributed by atoms with E-state index in [9.17, 15) is 13.2 Å². The lowest BCUT2D eigenvalue weighted by molar-refractivity contribution is 0.0692. The number of aromatic nitrogens is 1. The third-order valence-corrected chi connectivity index (χ3v) is 5.17. The first-order valence-electron chi connectivity index (χ1n) is 5.30. The Morgan fingerprint density at radius 2 is 2.10 bits per heavy atom. The quantitative estimate of drug-likeness (QED) is 0.835. The second-order valence-electron chi connectivity index (χ2n) is 3.79. The number of rotatable bonds is 5. The van der Waals surface area contributed by atoms with Crippen LogP contribution in [0.25, 0.3) is 0 Å². The highest BCUT2D eigenvalue weighted by molar-refractivity contribution is 9.10. The van der Waals surface area contributed by atoms with E-state index in [-0.39, 0.29) is 16.4 Å². The molecule has 20 heavy (non-hydrogen) atoms. The number of carboxylic acids is 1. The monoisotopic (exact) mass is 376 g/mol. The molecule has 1 aromatic heterocycles. The third kappa shape index (κ3) is 3.56. The Morgan fingerprint density at radius 1 is 1.40 bits per heavy atom. The van der Waals surface area contributed by atoms with Gasteiger partial charge >= 0.3 is 5.97 Å². The van der Waals surface area contributed by atoms with Gasteiger partial charge in [0.25, 0.3) is 0 Å². The van der Waals surface area contributed by atoms with Crippen LogP contribution >= 0.6 is 27.3 Å². The molecule has 0 radical (unpaired) electrons. The molecule has 1 aromatic carbocycles. The van der Waals surface area contributed by atoms with Crippen LogP contribution in [0.5, 0.6) is 0 Å². The van der Waals surface area contributed by atoms with Crippen LogP contribution in [-0.2, 0) is 15.8 Å². The van der Waals surface area contributed by atoms with Crippen LogP contribution in [0.2, 0.25) is 0 Å². The van der Waals surface area contributed by atoms with Gasteiger partial charge in [0, 0.05) is 4.47 Å². The van der Waals surface area contributed by atoms with E-state index in [1.165, 1.54) is 5.51 Å². The highest BCUT2D eigenvalue weighted by Gasteiger charge is 2.20. The van der Waals surface area contributed by atoms with E-state index in [2.05, 4.69) is 25.6 Å². The van der Waals surface area contributed by atoms with Gasteiger partial charge in [-0.2, -0.15) is 0 Å². The predicted molar refractivity (Wildman–Crippen MR) is 79.5 cm³/mol. The van der Waals surface area contributed by atoms with Crippen molar-refractivity contribution in [1.29, 1.82) is 0 Å². The first-order chi connectivity index (χ1) is 9.39. The summed E-state index contributed by atoms with van der Waals surface area (Å²) >= 11 is 4.19. The van der Waals surface area contributed by atoms with Crippen molar-refractivity contribution in [2.24, 2.45) is 0 Å². The Bertz CT molecular complexity index is 742. The molecular weight excluding hydrogens is 368 g/mol. The lowest BCUT2D eigenvalue weighted by Crippen LogP contribution is -2.16. The van der Waals surface area contributed by atoms with E-state index < -0.39 is 16.0 Å². The Kier molecular flexibility index (Phi) is 4.41. The molecule has 0 aliphatic carbocycles. The summed E-state index contributed by atoms with van der Waals surface area (Å²) in [4.78, 5) is 14.5. The number of anilines is 1. The molecule has 6 nitrogen and oxygen atoms in total. The molecule has 0 spiro atoms. The van der Waals surface area contributed by atoms with Crippen molar-refractivity contribution >= 4 is 48.3 Å². The molecule has 0 amide bonds. The maximum Gasteiger partial charge on any atom is 0.357 e. The number of halogens is 1. The zero-order valence-electron chi connectivity index (χ0n) is 9.91. The van der Waals surface area contributed by atoms with Gasteiger partial charge in [-0.15, -0.1) is 11.3 Å². The number of carboxylic acid groups (broad SMARTS) is 1. The van der Waals surface area contributed by atoms with Crippen molar-refractivity contribution in [3.63, 3.8) is 0 Å². The van der Waals surface area contributed by atoms with Crippen molar-refractivity contribution in [3.05, 3.63) is 45.5 Å². The normalized spacial score (nSPS) is 11.2. The van der Waals surface area contributed by atoms with Crippen molar-refractivity contribution in [3.8, 4) is 0 Å². The van der Waals surface area contributed by atoms with Crippen LogP contribution < -0.4 is 4.72 Å². The number of carbonyl (C=O) groups is 1. The molecule has 106 valence electrons. The number of sulfonamides is 1. The second kappa shape index (κ2) is 5.90. The van der Waals surface area contributed by atoms with Gasteiger partial charge in [-0.1, -0.05) is 34.1 Å². The van der Waals surface area contributed by atoms with Gasteiger partial charge in [0.15, 0.2) is 5.69 Å². The minimum atomic E-state index is -3.71. The van der Waals surface area contributed by atoms with Gasteiger partial charge in [-0.3, -0.25) is 4.72 Å². The standard InChI is InChI=1S/C11H9BrN2O4S2/c12-8-4-2-1-3-7(8)5-20(17,18)14-10-9(11(15)16)13-6-19-10/h1-4,6,14H,5H2,(H,15,16). The molecule has 0 saturated carbocycles. The first-order valence-corrected chi connectivity index (χ1v) is 8.62. The zero-order chi connectivity index (χ0) is 14.8. The van der Waals surface area contributed by atoms with Gasteiger partial charge in [-0.05, 0) is 11.6 Å². The lowest BCUT2D eigenvalue weighted by atomic mass is 10.2. The maximum absolute atomic E-state index is 12.0. The average Bonchev–Trinajstić information content (AvgIpc) is 2.79. The van der Waals surface area contributed by atoms with E-state index in [4.69, 9.17) is 5.11 Å². The van der Waals surface area contributed by atoms with Gasteiger partial charge in [0.1, 0.15) is 5.00 Å². The van der Waals surface area contributed by atoms with Crippen LogP contribution in [0.4, 0.5) is 5.00 Å². The summed E-state index contributed by atoms with van der Waals surface area (Å²) in [5.74, 6) is -1.53. The zero-order valence-corrected chi connectivity index (χ0v) is 13.1. The molecule has 0 atom stereocenters. The number of nitrogens with zero attached hydrogens (tertiary/aromatic N) is 1. The molecule has 0 aliphatic heterocycles. The van der Waals surface area contributed by atoms with Crippen LogP contribution in [0.15, 0.2) is 34.2 Å². The predicted octanol–water partition coefficient (Wildman–Crippen LogP) is 2.55. The smallest absolute Gasteiger partial charge is 0.357 e. The number of hydrogen-bond acceptors (Lipinski definition) is 5. The highest BCUT2D eigenvalue weighted by Crippen LogP contribution is 2.24. The van der Waals surface area contributed by atoms with Crippen molar-refractivity contribution in [2.45, 2.75) is 5.75 Å². The summed E-state index contributed by atoms with van der Waals surface area (Å²) in [6.45, 7) is 0. The van der Waals surface area contributed by atoms with E-state index in [1.54, 1.807) is 24.3 Å². The minimum Gasteiger partial charge on any atom is -0.476 e. The number of benzene rings is 1. The molecule has 2 aromatic rings. The molecule has 0 unspecified atom stereocenters. The fourth-order valence-corrected chi connectivity index (χ4v) is 4.28. The topological polar surface area (TPSA) is 96.4 Å². The van der Waals surface area contributed by atoms with E-state index in [0.717, 1.165) is 11.3 Å². The van der Waals surface area contributed by atoms with Gasteiger partial charge in [-0.25, -0.2) is 18.2 Å². The summed E-state index contributed by atoms with van der Waals surface area (Å²) in [5, 5.41) is 8.89. The fraction of sp³-hybridized carbons (Fsp3) is 0.0909. The van der Waals surface area contributed by atoms with Gasteiger partial charge in [0.05, 0.1) is 11.3 Å². The largest absolute Gasteiger partial charge is 0.476 e. The van der Waals surface area contributed by atoms with Crippen LogP contribution in [-0.4, -0.2) is 24.5 Å². The summed E-state index contributed by atoms with van der Waals surface area (Å²) < 4.78 is 27.0. The Labute approximate surface area is 127 Å². The van der Waals surface area contributed by atoms with Crippen molar-refractivity contribution < 1.29 is 18.3 Å². The van der Waals surface area contributed by atoms with E-state index in [1.807, 2.05) is 0 Å². The van der Waals surface area contributed by atoms with Crippen LogP contribution in [0.1, 0.15) is 16.1 Å². The number of nitrogens with one attached hydrogen (secondary N) is 1. The average molecular weight is 377 g/mol. The first kappa shape index (κ1) is 14.9. The molecule has 2 N–H and O–H groups in total. The summed E-state index contributed by atoms with van der Waals surface area (Å²) in [7, 11) is -3.71. The third-order valence-electron chi connectivity index (χ3n) is 2.32. The van der Waals surface area contributed by atoms with Crippen LogP contribution in [0, 0.1) is 0 Å². The molecular formula is C11H9BrN2O4S2. The number of hydrogen-bond donors (Lipinski definition) is 2. The fourth-order valence-electron chi connectivity index (χ4n) is 1.47. The number of thiazole rings is 1. The Hall–Kier alpha value is -1.45. The summed E-state index contributed by atoms with van der Waals surface area (Å²) in [5.41, 5.74) is 1.56. The van der Waals surface area contributed by atoms with Crippen molar-refractivity contribution in [2.75, 3.05) is 4.72 Å². The maximum atomic E-state index is 12.0. The molecule has 0 fully saturated rings. The summed E-state index contributed by atoms with van der Waals surface area (Å²) in [6, 6.07) is 6.92. The second-order valence-corrected chi connectivity index (χ2v) is 7.22. The highest BCUT2D eigenvalue weighted by atomic mass is 79.9. The Balaban J connectivity index is 2.22.